The topological polar surface area (TPSA) is 48.9 Å². The minimum Gasteiger partial charge on any atom is -0.382 e. The maximum absolute atomic E-state index is 5.37. The van der Waals surface area contributed by atoms with Crippen molar-refractivity contribution in [3.8, 4) is 0 Å². The maximum Gasteiger partial charge on any atom is 0.191 e. The molecule has 1 unspecified atom stereocenters. The summed E-state index contributed by atoms with van der Waals surface area (Å²) in [5.74, 6) is 1.58. The predicted octanol–water partition coefficient (Wildman–Crippen LogP) is 2.09. The van der Waals surface area contributed by atoms with Crippen LogP contribution in [0.3, 0.4) is 0 Å². The van der Waals surface area contributed by atoms with Gasteiger partial charge in [0.15, 0.2) is 5.96 Å². The van der Waals surface area contributed by atoms with E-state index >= 15 is 0 Å². The Bertz CT molecular complexity index is 301. The molecule has 0 aliphatic carbocycles. The van der Waals surface area contributed by atoms with Crippen LogP contribution in [0.2, 0.25) is 0 Å². The zero-order valence-electron chi connectivity index (χ0n) is 15.0. The first-order chi connectivity index (χ1) is 10.7. The van der Waals surface area contributed by atoms with Crippen molar-refractivity contribution in [1.29, 1.82) is 0 Å². The first-order valence-electron chi connectivity index (χ1n) is 9.03. The Labute approximate surface area is 136 Å². The molecule has 0 aromatic carbocycles. The molecule has 0 aromatic rings. The number of likely N-dealkylation sites (tertiary alicyclic amines) is 1. The van der Waals surface area contributed by atoms with Gasteiger partial charge < -0.3 is 15.4 Å². The lowest BCUT2D eigenvalue weighted by atomic mass is 10.0. The van der Waals surface area contributed by atoms with Crippen molar-refractivity contribution in [3.63, 3.8) is 0 Å². The zero-order valence-corrected chi connectivity index (χ0v) is 15.0. The molecule has 5 heteroatoms. The molecule has 1 fully saturated rings. The summed E-state index contributed by atoms with van der Waals surface area (Å²) in [5, 5.41) is 6.74. The van der Waals surface area contributed by atoms with E-state index in [1.807, 2.05) is 6.92 Å². The van der Waals surface area contributed by atoms with Gasteiger partial charge in [-0.05, 0) is 52.1 Å². The monoisotopic (exact) mass is 312 g/mol. The lowest BCUT2D eigenvalue weighted by Gasteiger charge is -2.29. The fourth-order valence-corrected chi connectivity index (χ4v) is 2.87. The average Bonchev–Trinajstić information content (AvgIpc) is 3.00. The molecule has 1 rings (SSSR count). The molecule has 0 spiro atoms. The number of aliphatic imine (C=N–C) groups is 1. The molecule has 1 atom stereocenters. The molecule has 0 radical (unpaired) electrons. The van der Waals surface area contributed by atoms with Gasteiger partial charge >= 0.3 is 0 Å². The smallest absolute Gasteiger partial charge is 0.191 e. The molecule has 130 valence electrons. The van der Waals surface area contributed by atoms with Gasteiger partial charge in [-0.2, -0.15) is 0 Å². The second-order valence-electron chi connectivity index (χ2n) is 6.25. The van der Waals surface area contributed by atoms with Crippen molar-refractivity contribution in [2.24, 2.45) is 10.9 Å². The van der Waals surface area contributed by atoms with Crippen molar-refractivity contribution in [2.45, 2.75) is 53.0 Å². The Morgan fingerprint density at radius 1 is 1.18 bits per heavy atom. The summed E-state index contributed by atoms with van der Waals surface area (Å²) in [5.41, 5.74) is 0. The van der Waals surface area contributed by atoms with Gasteiger partial charge in [-0.25, -0.2) is 0 Å². The second-order valence-corrected chi connectivity index (χ2v) is 6.25. The third-order valence-electron chi connectivity index (χ3n) is 4.12. The van der Waals surface area contributed by atoms with E-state index in [9.17, 15) is 0 Å². The maximum atomic E-state index is 5.37. The highest BCUT2D eigenvalue weighted by atomic mass is 16.5. The van der Waals surface area contributed by atoms with E-state index in [4.69, 9.17) is 9.73 Å². The van der Waals surface area contributed by atoms with Crippen LogP contribution in [-0.4, -0.2) is 62.8 Å². The van der Waals surface area contributed by atoms with E-state index in [0.29, 0.717) is 12.0 Å². The Kier molecular flexibility index (Phi) is 10.2. The van der Waals surface area contributed by atoms with Crippen molar-refractivity contribution < 1.29 is 4.74 Å². The standard InChI is InChI=1S/C17H36N4O/c1-5-18-17(19-10-9-13-22-6-2)20-14-16(15(3)4)21-11-7-8-12-21/h15-16H,5-14H2,1-4H3,(H2,18,19,20). The number of nitrogens with one attached hydrogen (secondary N) is 2. The predicted molar refractivity (Wildman–Crippen MR) is 94.5 cm³/mol. The van der Waals surface area contributed by atoms with Crippen LogP contribution in [-0.2, 0) is 4.74 Å². The molecule has 1 saturated heterocycles. The van der Waals surface area contributed by atoms with E-state index < -0.39 is 0 Å². The van der Waals surface area contributed by atoms with Gasteiger partial charge in [-0.1, -0.05) is 13.8 Å². The summed E-state index contributed by atoms with van der Waals surface area (Å²) >= 11 is 0. The van der Waals surface area contributed by atoms with Gasteiger partial charge in [0.25, 0.3) is 0 Å². The number of ether oxygens (including phenoxy) is 1. The van der Waals surface area contributed by atoms with Gasteiger partial charge in [0.1, 0.15) is 0 Å². The molecule has 5 nitrogen and oxygen atoms in total. The fraction of sp³-hybridized carbons (Fsp3) is 0.941. The quantitative estimate of drug-likeness (QED) is 0.368. The van der Waals surface area contributed by atoms with Gasteiger partial charge in [0.2, 0.25) is 0 Å². The van der Waals surface area contributed by atoms with Crippen molar-refractivity contribution >= 4 is 5.96 Å². The summed E-state index contributed by atoms with van der Waals surface area (Å²) in [6.07, 6.45) is 3.68. The summed E-state index contributed by atoms with van der Waals surface area (Å²) in [7, 11) is 0. The zero-order chi connectivity index (χ0) is 16.2. The molecule has 0 aromatic heterocycles. The SMILES string of the molecule is CCNC(=NCC(C(C)C)N1CCCC1)NCCCOCC. The Balaban J connectivity index is 2.43. The molecule has 0 bridgehead atoms. The van der Waals surface area contributed by atoms with Gasteiger partial charge in [0.05, 0.1) is 6.54 Å². The number of guanidine groups is 1. The first kappa shape index (κ1) is 19.2. The third-order valence-corrected chi connectivity index (χ3v) is 4.12. The van der Waals surface area contributed by atoms with Gasteiger partial charge in [0, 0.05) is 32.3 Å². The van der Waals surface area contributed by atoms with E-state index in [2.05, 4.69) is 36.3 Å². The highest BCUT2D eigenvalue weighted by Crippen LogP contribution is 2.17. The molecule has 1 aliphatic heterocycles. The van der Waals surface area contributed by atoms with Crippen LogP contribution in [0.25, 0.3) is 0 Å². The lowest BCUT2D eigenvalue weighted by molar-refractivity contribution is 0.145. The second kappa shape index (κ2) is 11.7. The molecule has 22 heavy (non-hydrogen) atoms. The molecule has 0 saturated carbocycles. The average molecular weight is 313 g/mol. The van der Waals surface area contributed by atoms with Crippen LogP contribution in [0.15, 0.2) is 4.99 Å². The normalized spacial score (nSPS) is 18.0. The summed E-state index contributed by atoms with van der Waals surface area (Å²) in [4.78, 5) is 7.41. The number of rotatable bonds is 10. The molecule has 2 N–H and O–H groups in total. The van der Waals surface area contributed by atoms with Gasteiger partial charge in [-0.15, -0.1) is 0 Å². The van der Waals surface area contributed by atoms with Crippen LogP contribution in [0.5, 0.6) is 0 Å². The lowest BCUT2D eigenvalue weighted by Crippen LogP contribution is -2.42. The van der Waals surface area contributed by atoms with Crippen LogP contribution in [0.4, 0.5) is 0 Å². The Morgan fingerprint density at radius 3 is 2.50 bits per heavy atom. The minimum atomic E-state index is 0.557. The summed E-state index contributed by atoms with van der Waals surface area (Å²) < 4.78 is 5.37. The Hall–Kier alpha value is -0.810. The first-order valence-corrected chi connectivity index (χ1v) is 9.03. The van der Waals surface area contributed by atoms with Gasteiger partial charge in [-0.3, -0.25) is 9.89 Å². The largest absolute Gasteiger partial charge is 0.382 e. The number of nitrogens with zero attached hydrogens (tertiary/aromatic N) is 2. The van der Waals surface area contributed by atoms with Crippen molar-refractivity contribution in [1.82, 2.24) is 15.5 Å². The molecular weight excluding hydrogens is 276 g/mol. The molecule has 1 heterocycles. The molecule has 0 amide bonds. The van der Waals surface area contributed by atoms with Crippen LogP contribution in [0, 0.1) is 5.92 Å². The van der Waals surface area contributed by atoms with E-state index in [-0.39, 0.29) is 0 Å². The summed E-state index contributed by atoms with van der Waals surface area (Å²) in [6.45, 7) is 15.5. The highest BCUT2D eigenvalue weighted by Gasteiger charge is 2.24. The fourth-order valence-electron chi connectivity index (χ4n) is 2.87. The van der Waals surface area contributed by atoms with Crippen molar-refractivity contribution in [2.75, 3.05) is 45.9 Å². The third kappa shape index (κ3) is 7.45. The Morgan fingerprint density at radius 2 is 1.91 bits per heavy atom. The van der Waals surface area contributed by atoms with E-state index in [1.165, 1.54) is 25.9 Å². The van der Waals surface area contributed by atoms with Crippen LogP contribution in [0.1, 0.15) is 47.0 Å². The van der Waals surface area contributed by atoms with Crippen molar-refractivity contribution in [3.05, 3.63) is 0 Å². The number of hydrogen-bond donors (Lipinski definition) is 2. The number of hydrogen-bond acceptors (Lipinski definition) is 3. The van der Waals surface area contributed by atoms with E-state index in [0.717, 1.165) is 45.2 Å². The molecular formula is C17H36N4O. The highest BCUT2D eigenvalue weighted by molar-refractivity contribution is 5.79. The van der Waals surface area contributed by atoms with E-state index in [1.54, 1.807) is 0 Å². The summed E-state index contributed by atoms with van der Waals surface area (Å²) in [6, 6.07) is 0.557. The molecule has 1 aliphatic rings. The van der Waals surface area contributed by atoms with Crippen LogP contribution >= 0.6 is 0 Å². The van der Waals surface area contributed by atoms with Crippen LogP contribution < -0.4 is 10.6 Å². The minimum absolute atomic E-state index is 0.557.